The number of para-hydroxylation sites is 1. The Balaban J connectivity index is 1.68. The third kappa shape index (κ3) is 4.99. The van der Waals surface area contributed by atoms with E-state index in [1.807, 2.05) is 13.0 Å². The number of methoxy groups -OCH3 is 1. The first kappa shape index (κ1) is 23.5. The SMILES string of the molecule is COc1ccc(-c2sc(N(C)C3CCCCC3)nc2C)cc1S(=O)(=O)Nc1ccccc1F. The van der Waals surface area contributed by atoms with Crippen molar-refractivity contribution in [2.75, 3.05) is 23.8 Å². The molecule has 3 aromatic rings. The standard InChI is InChI=1S/C24H28FN3O3S2/c1-16-23(32-24(26-16)28(2)18-9-5-4-6-10-18)17-13-14-21(31-3)22(15-17)33(29,30)27-20-12-8-7-11-19(20)25/h7-8,11-15,18,27H,4-6,9-10H2,1-3H3. The molecule has 176 valence electrons. The highest BCUT2D eigenvalue weighted by molar-refractivity contribution is 7.92. The van der Waals surface area contributed by atoms with Crippen LogP contribution in [-0.4, -0.2) is 33.6 Å². The van der Waals surface area contributed by atoms with E-state index in [1.165, 1.54) is 44.6 Å². The van der Waals surface area contributed by atoms with Gasteiger partial charge in [0.2, 0.25) is 0 Å². The van der Waals surface area contributed by atoms with Crippen molar-refractivity contribution in [2.24, 2.45) is 0 Å². The Bertz CT molecular complexity index is 1240. The Kier molecular flexibility index (Phi) is 6.90. The van der Waals surface area contributed by atoms with Crippen molar-refractivity contribution in [1.29, 1.82) is 0 Å². The summed E-state index contributed by atoms with van der Waals surface area (Å²) in [4.78, 5) is 7.87. The highest BCUT2D eigenvalue weighted by atomic mass is 32.2. The molecule has 1 aliphatic rings. The van der Waals surface area contributed by atoms with Crippen LogP contribution in [0.1, 0.15) is 37.8 Å². The molecule has 0 aliphatic heterocycles. The first-order chi connectivity index (χ1) is 15.8. The normalized spacial score (nSPS) is 14.8. The van der Waals surface area contributed by atoms with Crippen molar-refractivity contribution < 1.29 is 17.5 Å². The molecule has 0 saturated heterocycles. The van der Waals surface area contributed by atoms with E-state index in [4.69, 9.17) is 9.72 Å². The zero-order valence-electron chi connectivity index (χ0n) is 19.0. The fourth-order valence-electron chi connectivity index (χ4n) is 4.20. The molecule has 1 saturated carbocycles. The number of thiazole rings is 1. The number of aromatic nitrogens is 1. The van der Waals surface area contributed by atoms with Crippen LogP contribution in [0.3, 0.4) is 0 Å². The molecule has 0 radical (unpaired) electrons. The van der Waals surface area contributed by atoms with Gasteiger partial charge in [0.05, 0.1) is 23.4 Å². The number of sulfonamides is 1. The minimum atomic E-state index is -4.09. The summed E-state index contributed by atoms with van der Waals surface area (Å²) in [6.45, 7) is 1.93. The minimum absolute atomic E-state index is 0.0549. The molecule has 1 fully saturated rings. The van der Waals surface area contributed by atoms with Gasteiger partial charge in [-0.15, -0.1) is 0 Å². The number of hydrogen-bond donors (Lipinski definition) is 1. The van der Waals surface area contributed by atoms with Crippen LogP contribution in [0.15, 0.2) is 47.4 Å². The second kappa shape index (κ2) is 9.69. The van der Waals surface area contributed by atoms with Crippen molar-refractivity contribution in [1.82, 2.24) is 4.98 Å². The summed E-state index contributed by atoms with van der Waals surface area (Å²) in [5.41, 5.74) is 1.45. The highest BCUT2D eigenvalue weighted by Gasteiger charge is 2.25. The van der Waals surface area contributed by atoms with Gasteiger partial charge in [0.25, 0.3) is 10.0 Å². The first-order valence-electron chi connectivity index (χ1n) is 11.0. The van der Waals surface area contributed by atoms with Crippen LogP contribution >= 0.6 is 11.3 Å². The monoisotopic (exact) mass is 489 g/mol. The van der Waals surface area contributed by atoms with Gasteiger partial charge in [0.1, 0.15) is 16.5 Å². The lowest BCUT2D eigenvalue weighted by molar-refractivity contribution is 0.403. The van der Waals surface area contributed by atoms with Crippen molar-refractivity contribution in [2.45, 2.75) is 50.0 Å². The van der Waals surface area contributed by atoms with Gasteiger partial charge in [-0.2, -0.15) is 0 Å². The summed E-state index contributed by atoms with van der Waals surface area (Å²) in [5.74, 6) is -0.464. The Morgan fingerprint density at radius 1 is 1.15 bits per heavy atom. The van der Waals surface area contributed by atoms with Gasteiger partial charge >= 0.3 is 0 Å². The largest absolute Gasteiger partial charge is 0.495 e. The van der Waals surface area contributed by atoms with Gasteiger partial charge in [-0.1, -0.05) is 42.7 Å². The average Bonchev–Trinajstić information content (AvgIpc) is 3.21. The van der Waals surface area contributed by atoms with Crippen LogP contribution in [0.5, 0.6) is 5.75 Å². The van der Waals surface area contributed by atoms with Gasteiger partial charge in [-0.25, -0.2) is 17.8 Å². The fraction of sp³-hybridized carbons (Fsp3) is 0.375. The summed E-state index contributed by atoms with van der Waals surface area (Å²) in [6.07, 6.45) is 6.09. The molecular weight excluding hydrogens is 461 g/mol. The molecule has 1 aromatic heterocycles. The summed E-state index contributed by atoms with van der Waals surface area (Å²) in [7, 11) is -0.597. The summed E-state index contributed by atoms with van der Waals surface area (Å²) in [5, 5.41) is 0.930. The Morgan fingerprint density at radius 3 is 2.58 bits per heavy atom. The molecule has 1 N–H and O–H groups in total. The average molecular weight is 490 g/mol. The second-order valence-electron chi connectivity index (χ2n) is 8.26. The van der Waals surface area contributed by atoms with E-state index < -0.39 is 15.8 Å². The zero-order valence-corrected chi connectivity index (χ0v) is 20.6. The lowest BCUT2D eigenvalue weighted by Gasteiger charge is -2.30. The van der Waals surface area contributed by atoms with Gasteiger partial charge < -0.3 is 9.64 Å². The van der Waals surface area contributed by atoms with Crippen LogP contribution in [0.4, 0.5) is 15.2 Å². The molecule has 1 aliphatic carbocycles. The number of nitrogens with one attached hydrogen (secondary N) is 1. The topological polar surface area (TPSA) is 71.5 Å². The third-order valence-electron chi connectivity index (χ3n) is 6.04. The number of benzene rings is 2. The smallest absolute Gasteiger partial charge is 0.265 e. The molecule has 0 atom stereocenters. The Morgan fingerprint density at radius 2 is 1.88 bits per heavy atom. The van der Waals surface area contributed by atoms with Gasteiger partial charge in [0, 0.05) is 13.1 Å². The van der Waals surface area contributed by atoms with Crippen LogP contribution in [0.2, 0.25) is 0 Å². The maximum absolute atomic E-state index is 14.1. The van der Waals surface area contributed by atoms with E-state index in [0.717, 1.165) is 34.1 Å². The quantitative estimate of drug-likeness (QED) is 0.452. The van der Waals surface area contributed by atoms with Crippen LogP contribution < -0.4 is 14.4 Å². The molecule has 0 spiro atoms. The summed E-state index contributed by atoms with van der Waals surface area (Å²) < 4.78 is 48.0. The van der Waals surface area contributed by atoms with E-state index in [9.17, 15) is 12.8 Å². The summed E-state index contributed by atoms with van der Waals surface area (Å²) >= 11 is 1.55. The van der Waals surface area contributed by atoms with Crippen LogP contribution in [0.25, 0.3) is 10.4 Å². The Labute approximate surface area is 198 Å². The molecule has 4 rings (SSSR count). The lowest BCUT2D eigenvalue weighted by Crippen LogP contribution is -2.33. The molecular formula is C24H28FN3O3S2. The van der Waals surface area contributed by atoms with E-state index >= 15 is 0 Å². The zero-order chi connectivity index (χ0) is 23.6. The predicted octanol–water partition coefficient (Wildman–Crippen LogP) is 5.84. The fourth-order valence-corrected chi connectivity index (χ4v) is 6.56. The Hall–Kier alpha value is -2.65. The van der Waals surface area contributed by atoms with E-state index in [2.05, 4.69) is 16.7 Å². The molecule has 2 aromatic carbocycles. The van der Waals surface area contributed by atoms with Crippen molar-refractivity contribution in [3.63, 3.8) is 0 Å². The molecule has 9 heteroatoms. The van der Waals surface area contributed by atoms with Gasteiger partial charge in [-0.05, 0) is 55.7 Å². The molecule has 0 amide bonds. The third-order valence-corrected chi connectivity index (χ3v) is 8.73. The summed E-state index contributed by atoms with van der Waals surface area (Å²) in [6, 6.07) is 11.1. The lowest BCUT2D eigenvalue weighted by atomic mass is 9.95. The van der Waals surface area contributed by atoms with E-state index in [0.29, 0.717) is 6.04 Å². The van der Waals surface area contributed by atoms with Gasteiger partial charge in [-0.3, -0.25) is 4.72 Å². The predicted molar refractivity (Wildman–Crippen MR) is 131 cm³/mol. The van der Waals surface area contributed by atoms with Crippen LogP contribution in [0, 0.1) is 12.7 Å². The number of ether oxygens (including phenoxy) is 1. The maximum Gasteiger partial charge on any atom is 0.265 e. The highest BCUT2D eigenvalue weighted by Crippen LogP contribution is 2.39. The van der Waals surface area contributed by atoms with E-state index in [-0.39, 0.29) is 16.3 Å². The number of hydrogen-bond acceptors (Lipinski definition) is 6. The number of anilines is 2. The molecule has 0 unspecified atom stereocenters. The van der Waals surface area contributed by atoms with Crippen molar-refractivity contribution in [3.05, 3.63) is 54.0 Å². The molecule has 6 nitrogen and oxygen atoms in total. The van der Waals surface area contributed by atoms with Crippen molar-refractivity contribution in [3.8, 4) is 16.2 Å². The minimum Gasteiger partial charge on any atom is -0.495 e. The molecule has 33 heavy (non-hydrogen) atoms. The van der Waals surface area contributed by atoms with Gasteiger partial charge in [0.15, 0.2) is 5.13 Å². The van der Waals surface area contributed by atoms with E-state index in [1.54, 1.807) is 29.5 Å². The number of aryl methyl sites for hydroxylation is 1. The number of halogens is 1. The second-order valence-corrected chi connectivity index (χ2v) is 10.9. The molecule has 1 heterocycles. The molecule has 0 bridgehead atoms. The number of rotatable bonds is 7. The van der Waals surface area contributed by atoms with Crippen molar-refractivity contribution >= 4 is 32.2 Å². The van der Waals surface area contributed by atoms with Crippen LogP contribution in [-0.2, 0) is 10.0 Å². The first-order valence-corrected chi connectivity index (χ1v) is 13.3. The number of nitrogens with zero attached hydrogens (tertiary/aromatic N) is 2. The maximum atomic E-state index is 14.1.